The van der Waals surface area contributed by atoms with Crippen molar-refractivity contribution in [1.82, 2.24) is 15.5 Å². The number of carbonyl (C=O) groups excluding carboxylic acids is 3. The number of nitrogens with one attached hydrogen (secondary N) is 2. The van der Waals surface area contributed by atoms with Crippen molar-refractivity contribution in [1.29, 1.82) is 0 Å². The number of benzene rings is 1. The largest absolute Gasteiger partial charge is 0.444 e. The fourth-order valence-corrected chi connectivity index (χ4v) is 3.16. The second-order valence-electron chi connectivity index (χ2n) is 9.77. The van der Waals surface area contributed by atoms with E-state index in [1.807, 2.05) is 27.7 Å². The van der Waals surface area contributed by atoms with Crippen molar-refractivity contribution in [3.05, 3.63) is 35.4 Å². The maximum atomic E-state index is 13.4. The molecule has 2 N–H and O–H groups in total. The lowest BCUT2D eigenvalue weighted by Gasteiger charge is -2.35. The monoisotopic (exact) mass is 443 g/mol. The molecule has 2 atom stereocenters. The summed E-state index contributed by atoms with van der Waals surface area (Å²) >= 11 is 0. The number of nitrogens with zero attached hydrogens (tertiary/aromatic N) is 1. The summed E-state index contributed by atoms with van der Waals surface area (Å²) in [4.78, 5) is 40.5. The maximum Gasteiger partial charge on any atom is 0.408 e. The van der Waals surface area contributed by atoms with Gasteiger partial charge in [0.1, 0.15) is 17.7 Å². The van der Waals surface area contributed by atoms with Gasteiger partial charge in [-0.15, -0.1) is 6.42 Å². The standard InChI is InChI=1S/C25H37N3O4/c1-10-16-28(22(30)17(3)26-23(31)32-25(7,8)9)20(21(29)27-24(4,5)6)19-15-13-12-14-18(19)11-2/h2,12-15,17,20H,10,16H2,1,3-9H3,(H,26,31)(H,27,29). The first-order valence-corrected chi connectivity index (χ1v) is 10.9. The number of ether oxygens (including phenoxy) is 1. The molecule has 0 spiro atoms. The fourth-order valence-electron chi connectivity index (χ4n) is 3.16. The van der Waals surface area contributed by atoms with E-state index in [1.165, 1.54) is 4.90 Å². The van der Waals surface area contributed by atoms with Crippen LogP contribution in [0.25, 0.3) is 0 Å². The Morgan fingerprint density at radius 2 is 1.72 bits per heavy atom. The highest BCUT2D eigenvalue weighted by molar-refractivity contribution is 5.92. The van der Waals surface area contributed by atoms with Crippen LogP contribution < -0.4 is 10.6 Å². The Hall–Kier alpha value is -3.01. The SMILES string of the molecule is C#Cc1ccccc1C(C(=O)NC(C)(C)C)N(CCC)C(=O)C(C)NC(=O)OC(C)(C)C. The molecule has 0 saturated heterocycles. The van der Waals surface area contributed by atoms with Crippen LogP contribution in [0.2, 0.25) is 0 Å². The minimum atomic E-state index is -0.947. The number of terminal acetylenes is 1. The van der Waals surface area contributed by atoms with Gasteiger partial charge >= 0.3 is 6.09 Å². The van der Waals surface area contributed by atoms with Crippen LogP contribution in [-0.4, -0.2) is 46.5 Å². The molecule has 0 aliphatic heterocycles. The quantitative estimate of drug-likeness (QED) is 0.628. The van der Waals surface area contributed by atoms with E-state index in [1.54, 1.807) is 52.0 Å². The lowest BCUT2D eigenvalue weighted by molar-refractivity contribution is -0.142. The molecule has 1 aromatic rings. The summed E-state index contributed by atoms with van der Waals surface area (Å²) in [5.41, 5.74) is -0.121. The normalized spacial score (nSPS) is 13.3. The van der Waals surface area contributed by atoms with Crippen LogP contribution in [0, 0.1) is 12.3 Å². The molecule has 1 aromatic carbocycles. The van der Waals surface area contributed by atoms with E-state index in [2.05, 4.69) is 16.6 Å². The summed E-state index contributed by atoms with van der Waals surface area (Å²) in [6.45, 7) is 14.6. The Labute approximate surface area is 192 Å². The third kappa shape index (κ3) is 8.26. The molecule has 0 aromatic heterocycles. The Morgan fingerprint density at radius 3 is 2.22 bits per heavy atom. The molecule has 0 radical (unpaired) electrons. The number of alkyl carbamates (subject to hydrolysis) is 1. The van der Waals surface area contributed by atoms with Crippen LogP contribution in [0.4, 0.5) is 4.79 Å². The summed E-state index contributed by atoms with van der Waals surface area (Å²) in [5.74, 6) is 1.86. The van der Waals surface area contributed by atoms with E-state index >= 15 is 0 Å². The Morgan fingerprint density at radius 1 is 1.12 bits per heavy atom. The summed E-state index contributed by atoms with van der Waals surface area (Å²) in [6, 6.07) is 5.21. The highest BCUT2D eigenvalue weighted by atomic mass is 16.6. The zero-order chi connectivity index (χ0) is 24.7. The van der Waals surface area contributed by atoms with Gasteiger partial charge in [0.05, 0.1) is 0 Å². The van der Waals surface area contributed by atoms with Crippen molar-refractivity contribution in [2.24, 2.45) is 0 Å². The molecule has 0 heterocycles. The first-order chi connectivity index (χ1) is 14.7. The van der Waals surface area contributed by atoms with Crippen LogP contribution in [0.1, 0.15) is 79.0 Å². The molecule has 7 heteroatoms. The van der Waals surface area contributed by atoms with Crippen molar-refractivity contribution in [3.63, 3.8) is 0 Å². The lowest BCUT2D eigenvalue weighted by Crippen LogP contribution is -2.54. The van der Waals surface area contributed by atoms with Gasteiger partial charge in [-0.25, -0.2) is 4.79 Å². The topological polar surface area (TPSA) is 87.7 Å². The van der Waals surface area contributed by atoms with Crippen LogP contribution in [0.5, 0.6) is 0 Å². The first kappa shape index (κ1) is 27.0. The van der Waals surface area contributed by atoms with E-state index in [0.29, 0.717) is 24.1 Å². The Balaban J connectivity index is 3.37. The van der Waals surface area contributed by atoms with E-state index in [-0.39, 0.29) is 5.91 Å². The number of rotatable bonds is 7. The highest BCUT2D eigenvalue weighted by Crippen LogP contribution is 2.26. The van der Waals surface area contributed by atoms with Crippen molar-refractivity contribution < 1.29 is 19.1 Å². The van der Waals surface area contributed by atoms with Gasteiger partial charge < -0.3 is 20.3 Å². The predicted octanol–water partition coefficient (Wildman–Crippen LogP) is 3.78. The zero-order valence-corrected chi connectivity index (χ0v) is 20.5. The van der Waals surface area contributed by atoms with E-state index < -0.39 is 35.2 Å². The zero-order valence-electron chi connectivity index (χ0n) is 20.5. The fraction of sp³-hybridized carbons (Fsp3) is 0.560. The molecule has 2 unspecified atom stereocenters. The molecular formula is C25H37N3O4. The Kier molecular flexibility index (Phi) is 9.32. The number of amides is 3. The molecule has 0 fully saturated rings. The lowest BCUT2D eigenvalue weighted by atomic mass is 9.96. The van der Waals surface area contributed by atoms with Gasteiger partial charge in [-0.05, 0) is 66.5 Å². The third-order valence-electron chi connectivity index (χ3n) is 4.32. The minimum absolute atomic E-state index is 0.306. The molecule has 7 nitrogen and oxygen atoms in total. The van der Waals surface area contributed by atoms with Crippen LogP contribution >= 0.6 is 0 Å². The predicted molar refractivity (Wildman–Crippen MR) is 126 cm³/mol. The highest BCUT2D eigenvalue weighted by Gasteiger charge is 2.36. The molecule has 0 bridgehead atoms. The van der Waals surface area contributed by atoms with Gasteiger partial charge in [0.25, 0.3) is 0 Å². The number of hydrogen-bond acceptors (Lipinski definition) is 4. The molecule has 0 saturated carbocycles. The van der Waals surface area contributed by atoms with Crippen molar-refractivity contribution in [2.75, 3.05) is 6.54 Å². The maximum absolute atomic E-state index is 13.4. The minimum Gasteiger partial charge on any atom is -0.444 e. The van der Waals surface area contributed by atoms with Gasteiger partial charge in [0, 0.05) is 17.6 Å². The van der Waals surface area contributed by atoms with Crippen LogP contribution in [0.15, 0.2) is 24.3 Å². The van der Waals surface area contributed by atoms with Crippen LogP contribution in [-0.2, 0) is 14.3 Å². The van der Waals surface area contributed by atoms with Gasteiger partial charge in [0.2, 0.25) is 11.8 Å². The van der Waals surface area contributed by atoms with E-state index in [0.717, 1.165) is 0 Å². The number of hydrogen-bond donors (Lipinski definition) is 2. The van der Waals surface area contributed by atoms with Crippen molar-refractivity contribution in [2.45, 2.75) is 85.0 Å². The second-order valence-corrected chi connectivity index (χ2v) is 9.77. The average Bonchev–Trinajstić information content (AvgIpc) is 2.64. The van der Waals surface area contributed by atoms with Gasteiger partial charge in [0.15, 0.2) is 0 Å². The van der Waals surface area contributed by atoms with Crippen molar-refractivity contribution in [3.8, 4) is 12.3 Å². The molecule has 0 aliphatic carbocycles. The summed E-state index contributed by atoms with van der Waals surface area (Å²) in [7, 11) is 0. The molecule has 32 heavy (non-hydrogen) atoms. The smallest absolute Gasteiger partial charge is 0.408 e. The molecule has 3 amide bonds. The molecule has 1 rings (SSSR count). The summed E-state index contributed by atoms with van der Waals surface area (Å²) in [5, 5.41) is 5.53. The second kappa shape index (κ2) is 11.0. The average molecular weight is 444 g/mol. The van der Waals surface area contributed by atoms with Gasteiger partial charge in [-0.3, -0.25) is 9.59 Å². The molecule has 176 valence electrons. The van der Waals surface area contributed by atoms with E-state index in [4.69, 9.17) is 11.2 Å². The van der Waals surface area contributed by atoms with Crippen molar-refractivity contribution >= 4 is 17.9 Å². The molecule has 0 aliphatic rings. The molecular weight excluding hydrogens is 406 g/mol. The number of carbonyl (C=O) groups is 3. The first-order valence-electron chi connectivity index (χ1n) is 10.9. The van der Waals surface area contributed by atoms with Gasteiger partial charge in [-0.1, -0.05) is 31.0 Å². The van der Waals surface area contributed by atoms with Crippen LogP contribution in [0.3, 0.4) is 0 Å². The third-order valence-corrected chi connectivity index (χ3v) is 4.32. The van der Waals surface area contributed by atoms with E-state index in [9.17, 15) is 14.4 Å². The summed E-state index contributed by atoms with van der Waals surface area (Å²) < 4.78 is 5.27. The Bertz CT molecular complexity index is 859. The van der Waals surface area contributed by atoms with Gasteiger partial charge in [-0.2, -0.15) is 0 Å². The summed E-state index contributed by atoms with van der Waals surface area (Å²) in [6.07, 6.45) is 5.61.